The van der Waals surface area contributed by atoms with Gasteiger partial charge >= 0.3 is 0 Å². The minimum Gasteiger partial charge on any atom is -0.451 e. The van der Waals surface area contributed by atoms with E-state index < -0.39 is 0 Å². The van der Waals surface area contributed by atoms with Crippen molar-refractivity contribution in [2.24, 2.45) is 0 Å². The molecule has 0 bridgehead atoms. The maximum absolute atomic E-state index is 12.4. The van der Waals surface area contributed by atoms with Gasteiger partial charge in [0.2, 0.25) is 11.8 Å². The van der Waals surface area contributed by atoms with E-state index in [1.54, 1.807) is 54.6 Å². The highest BCUT2D eigenvalue weighted by molar-refractivity contribution is 6.04. The van der Waals surface area contributed by atoms with Crippen molar-refractivity contribution in [2.45, 2.75) is 13.3 Å². The molecule has 32 heavy (non-hydrogen) atoms. The zero-order valence-corrected chi connectivity index (χ0v) is 17.3. The minimum absolute atomic E-state index is 0.169. The van der Waals surface area contributed by atoms with Crippen LogP contribution < -0.4 is 16.0 Å². The lowest BCUT2D eigenvalue weighted by molar-refractivity contribution is -0.115. The Labute approximate surface area is 184 Å². The fraction of sp³-hybridized carbons (Fsp3) is 0.0800. The molecule has 7 nitrogen and oxygen atoms in total. The van der Waals surface area contributed by atoms with Gasteiger partial charge in [0.25, 0.3) is 5.91 Å². The van der Waals surface area contributed by atoms with Crippen molar-refractivity contribution in [1.82, 2.24) is 0 Å². The van der Waals surface area contributed by atoms with Crippen molar-refractivity contribution in [3.05, 3.63) is 90.2 Å². The van der Waals surface area contributed by atoms with E-state index in [1.807, 2.05) is 24.3 Å². The van der Waals surface area contributed by atoms with Gasteiger partial charge in [-0.15, -0.1) is 0 Å². The summed E-state index contributed by atoms with van der Waals surface area (Å²) in [6, 6.07) is 23.1. The quantitative estimate of drug-likeness (QED) is 0.410. The van der Waals surface area contributed by atoms with Crippen LogP contribution in [0.2, 0.25) is 0 Å². The van der Waals surface area contributed by atoms with Crippen LogP contribution in [0.3, 0.4) is 0 Å². The number of fused-ring (bicyclic) bond motifs is 1. The lowest BCUT2D eigenvalue weighted by Crippen LogP contribution is -2.15. The smallest absolute Gasteiger partial charge is 0.291 e. The summed E-state index contributed by atoms with van der Waals surface area (Å²) in [7, 11) is 0. The zero-order chi connectivity index (χ0) is 22.5. The third kappa shape index (κ3) is 5.20. The van der Waals surface area contributed by atoms with E-state index >= 15 is 0 Å². The Balaban J connectivity index is 1.34. The maximum atomic E-state index is 12.4. The fourth-order valence-corrected chi connectivity index (χ4v) is 3.26. The normalized spacial score (nSPS) is 10.5. The Bertz CT molecular complexity index is 1260. The highest BCUT2D eigenvalue weighted by atomic mass is 16.3. The Morgan fingerprint density at radius 2 is 1.47 bits per heavy atom. The van der Waals surface area contributed by atoms with Gasteiger partial charge in [0.15, 0.2) is 5.76 Å². The molecule has 0 saturated heterocycles. The Hall–Kier alpha value is -4.39. The number of nitrogens with one attached hydrogen (secondary N) is 3. The molecule has 4 aromatic rings. The van der Waals surface area contributed by atoms with Gasteiger partial charge in [-0.05, 0) is 48.0 Å². The van der Waals surface area contributed by atoms with Crippen LogP contribution in [0, 0.1) is 0 Å². The monoisotopic (exact) mass is 427 g/mol. The number of para-hydroxylation sites is 1. The summed E-state index contributed by atoms with van der Waals surface area (Å²) in [4.78, 5) is 36.0. The van der Waals surface area contributed by atoms with Gasteiger partial charge < -0.3 is 20.4 Å². The number of carbonyl (C=O) groups excluding carboxylic acids is 3. The van der Waals surface area contributed by atoms with E-state index in [0.717, 1.165) is 10.9 Å². The van der Waals surface area contributed by atoms with Crippen LogP contribution in [0.4, 0.5) is 17.1 Å². The lowest BCUT2D eigenvalue weighted by atomic mass is 10.1. The minimum atomic E-state index is -0.342. The average Bonchev–Trinajstić information content (AvgIpc) is 3.19. The van der Waals surface area contributed by atoms with Crippen LogP contribution in [0.1, 0.15) is 23.0 Å². The van der Waals surface area contributed by atoms with Crippen molar-refractivity contribution in [2.75, 3.05) is 16.0 Å². The number of carbonyl (C=O) groups is 3. The summed E-state index contributed by atoms with van der Waals surface area (Å²) in [6.07, 6.45) is 0.169. The zero-order valence-electron chi connectivity index (χ0n) is 17.3. The molecule has 0 aliphatic heterocycles. The van der Waals surface area contributed by atoms with Gasteiger partial charge in [-0.25, -0.2) is 0 Å². The molecule has 3 amide bonds. The van der Waals surface area contributed by atoms with E-state index in [1.165, 1.54) is 6.92 Å². The predicted octanol–water partition coefficient (Wildman–Crippen LogP) is 4.82. The Morgan fingerprint density at radius 3 is 2.19 bits per heavy atom. The number of anilines is 3. The highest BCUT2D eigenvalue weighted by Crippen LogP contribution is 2.20. The van der Waals surface area contributed by atoms with Crippen LogP contribution in [0.25, 0.3) is 11.0 Å². The average molecular weight is 427 g/mol. The molecule has 3 aromatic carbocycles. The number of benzene rings is 3. The first kappa shape index (κ1) is 20.9. The molecule has 0 spiro atoms. The molecule has 0 saturated carbocycles. The lowest BCUT2D eigenvalue weighted by Gasteiger charge is -2.09. The molecule has 160 valence electrons. The van der Waals surface area contributed by atoms with Gasteiger partial charge in [-0.1, -0.05) is 36.4 Å². The molecule has 4 rings (SSSR count). The van der Waals surface area contributed by atoms with E-state index in [0.29, 0.717) is 22.6 Å². The standard InChI is InChI=1S/C25H21N3O4/c1-16(29)26-20-6-4-7-21(15-20)27-24(30)13-17-9-11-19(12-10-17)28-25(31)23-14-18-5-2-3-8-22(18)32-23/h2-12,14-15H,13H2,1H3,(H,26,29)(H,27,30)(H,28,31). The third-order valence-corrected chi connectivity index (χ3v) is 4.69. The van der Waals surface area contributed by atoms with E-state index in [2.05, 4.69) is 16.0 Å². The summed E-state index contributed by atoms with van der Waals surface area (Å²) in [5, 5.41) is 9.15. The predicted molar refractivity (Wildman–Crippen MR) is 124 cm³/mol. The molecule has 0 unspecified atom stereocenters. The van der Waals surface area contributed by atoms with Gasteiger partial charge in [-0.2, -0.15) is 0 Å². The summed E-state index contributed by atoms with van der Waals surface area (Å²) < 4.78 is 5.58. The molecule has 3 N–H and O–H groups in total. The molecule has 0 aliphatic carbocycles. The van der Waals surface area contributed by atoms with E-state index in [-0.39, 0.29) is 29.9 Å². The second kappa shape index (κ2) is 9.18. The summed E-state index contributed by atoms with van der Waals surface area (Å²) in [6.45, 7) is 1.42. The molecule has 7 heteroatoms. The first-order valence-corrected chi connectivity index (χ1v) is 10.0. The topological polar surface area (TPSA) is 100 Å². The first-order chi connectivity index (χ1) is 15.5. The molecule has 0 radical (unpaired) electrons. The van der Waals surface area contributed by atoms with Crippen LogP contribution in [0.5, 0.6) is 0 Å². The second-order valence-electron chi connectivity index (χ2n) is 7.29. The number of amides is 3. The number of rotatable bonds is 6. The van der Waals surface area contributed by atoms with Crippen molar-refractivity contribution in [3.8, 4) is 0 Å². The molecule has 1 aromatic heterocycles. The number of hydrogen-bond donors (Lipinski definition) is 3. The molecular weight excluding hydrogens is 406 g/mol. The van der Waals surface area contributed by atoms with Crippen molar-refractivity contribution < 1.29 is 18.8 Å². The summed E-state index contributed by atoms with van der Waals surface area (Å²) in [5.74, 6) is -0.480. The summed E-state index contributed by atoms with van der Waals surface area (Å²) >= 11 is 0. The molecular formula is C25H21N3O4. The first-order valence-electron chi connectivity index (χ1n) is 10.0. The molecule has 0 atom stereocenters. The maximum Gasteiger partial charge on any atom is 0.291 e. The van der Waals surface area contributed by atoms with Gasteiger partial charge in [0.05, 0.1) is 6.42 Å². The van der Waals surface area contributed by atoms with Crippen molar-refractivity contribution in [3.63, 3.8) is 0 Å². The largest absolute Gasteiger partial charge is 0.451 e. The second-order valence-corrected chi connectivity index (χ2v) is 7.29. The SMILES string of the molecule is CC(=O)Nc1cccc(NC(=O)Cc2ccc(NC(=O)c3cc4ccccc4o3)cc2)c1. The molecule has 1 heterocycles. The van der Waals surface area contributed by atoms with Gasteiger partial charge in [0, 0.05) is 29.4 Å². The highest BCUT2D eigenvalue weighted by Gasteiger charge is 2.12. The van der Waals surface area contributed by atoms with Crippen molar-refractivity contribution in [1.29, 1.82) is 0 Å². The number of hydrogen-bond acceptors (Lipinski definition) is 4. The van der Waals surface area contributed by atoms with Crippen LogP contribution >= 0.6 is 0 Å². The summed E-state index contributed by atoms with van der Waals surface area (Å²) in [5.41, 5.74) is 3.25. The van der Waals surface area contributed by atoms with Gasteiger partial charge in [0.1, 0.15) is 5.58 Å². The molecule has 0 aliphatic rings. The van der Waals surface area contributed by atoms with Gasteiger partial charge in [-0.3, -0.25) is 14.4 Å². The third-order valence-electron chi connectivity index (χ3n) is 4.69. The fourth-order valence-electron chi connectivity index (χ4n) is 3.26. The number of furan rings is 1. The van der Waals surface area contributed by atoms with Crippen molar-refractivity contribution >= 4 is 45.8 Å². The van der Waals surface area contributed by atoms with Crippen LogP contribution in [-0.2, 0) is 16.0 Å². The Kier molecular flexibility index (Phi) is 5.98. The molecule has 0 fully saturated rings. The van der Waals surface area contributed by atoms with Crippen LogP contribution in [0.15, 0.2) is 83.3 Å². The van der Waals surface area contributed by atoms with Crippen LogP contribution in [-0.4, -0.2) is 17.7 Å². The van der Waals surface area contributed by atoms with E-state index in [9.17, 15) is 14.4 Å². The Morgan fingerprint density at radius 1 is 0.750 bits per heavy atom. The van der Waals surface area contributed by atoms with E-state index in [4.69, 9.17) is 4.42 Å².